The number of nitrogens with two attached hydrogens (primary N) is 1. The van der Waals surface area contributed by atoms with E-state index in [1.165, 1.54) is 16.0 Å². The van der Waals surface area contributed by atoms with Crippen LogP contribution in [-0.2, 0) is 6.54 Å². The van der Waals surface area contributed by atoms with Crippen LogP contribution in [0.5, 0.6) is 0 Å². The number of nitrogen functional groups attached to an aromatic ring is 1. The van der Waals surface area contributed by atoms with Gasteiger partial charge in [-0.25, -0.2) is 9.97 Å². The molecule has 144 valence electrons. The third-order valence-electron chi connectivity index (χ3n) is 4.56. The SMILES string of the molecule is Cc1ncc(CNc2ccccc2Sc2ccc(-c3ccccc3)cc2)c(N)n1. The van der Waals surface area contributed by atoms with Crippen LogP contribution in [0.4, 0.5) is 11.5 Å². The third-order valence-corrected chi connectivity index (χ3v) is 5.65. The van der Waals surface area contributed by atoms with Gasteiger partial charge in [0, 0.05) is 33.8 Å². The Morgan fingerprint density at radius 3 is 2.31 bits per heavy atom. The summed E-state index contributed by atoms with van der Waals surface area (Å²) in [6, 6.07) is 27.3. The fourth-order valence-corrected chi connectivity index (χ4v) is 3.94. The summed E-state index contributed by atoms with van der Waals surface area (Å²) >= 11 is 1.73. The molecule has 0 aliphatic carbocycles. The van der Waals surface area contributed by atoms with Gasteiger partial charge < -0.3 is 11.1 Å². The van der Waals surface area contributed by atoms with E-state index >= 15 is 0 Å². The number of para-hydroxylation sites is 1. The Balaban J connectivity index is 1.48. The Hall–Kier alpha value is -3.31. The molecule has 3 N–H and O–H groups in total. The predicted octanol–water partition coefficient (Wildman–Crippen LogP) is 5.80. The van der Waals surface area contributed by atoms with E-state index in [-0.39, 0.29) is 0 Å². The highest BCUT2D eigenvalue weighted by molar-refractivity contribution is 7.99. The average molecular weight is 399 g/mol. The molecule has 5 heteroatoms. The first-order valence-corrected chi connectivity index (χ1v) is 10.2. The van der Waals surface area contributed by atoms with Crippen LogP contribution < -0.4 is 11.1 Å². The Morgan fingerprint density at radius 2 is 1.55 bits per heavy atom. The minimum atomic E-state index is 0.520. The maximum Gasteiger partial charge on any atom is 0.132 e. The van der Waals surface area contributed by atoms with Crippen molar-refractivity contribution in [3.8, 4) is 11.1 Å². The van der Waals surface area contributed by atoms with Crippen molar-refractivity contribution in [1.82, 2.24) is 9.97 Å². The molecule has 0 atom stereocenters. The van der Waals surface area contributed by atoms with Gasteiger partial charge in [-0.15, -0.1) is 0 Å². The van der Waals surface area contributed by atoms with E-state index in [0.717, 1.165) is 16.1 Å². The van der Waals surface area contributed by atoms with Crippen LogP contribution in [0.2, 0.25) is 0 Å². The number of aromatic nitrogens is 2. The van der Waals surface area contributed by atoms with Gasteiger partial charge in [-0.05, 0) is 42.3 Å². The number of aryl methyl sites for hydroxylation is 1. The topological polar surface area (TPSA) is 63.8 Å². The highest BCUT2D eigenvalue weighted by Gasteiger charge is 2.07. The van der Waals surface area contributed by atoms with Crippen LogP contribution in [0.1, 0.15) is 11.4 Å². The van der Waals surface area contributed by atoms with Crippen LogP contribution >= 0.6 is 11.8 Å². The van der Waals surface area contributed by atoms with Crippen molar-refractivity contribution in [3.63, 3.8) is 0 Å². The molecule has 4 nitrogen and oxygen atoms in total. The number of hydrogen-bond acceptors (Lipinski definition) is 5. The smallest absolute Gasteiger partial charge is 0.132 e. The molecule has 3 aromatic carbocycles. The van der Waals surface area contributed by atoms with Crippen molar-refractivity contribution in [3.05, 3.63) is 96.4 Å². The first-order chi connectivity index (χ1) is 14.2. The van der Waals surface area contributed by atoms with Crippen molar-refractivity contribution in [1.29, 1.82) is 0 Å². The summed E-state index contributed by atoms with van der Waals surface area (Å²) in [4.78, 5) is 10.8. The molecule has 0 aliphatic rings. The van der Waals surface area contributed by atoms with Gasteiger partial charge in [0.1, 0.15) is 11.6 Å². The van der Waals surface area contributed by atoms with Gasteiger partial charge in [0.2, 0.25) is 0 Å². The van der Waals surface area contributed by atoms with Gasteiger partial charge in [-0.2, -0.15) is 0 Å². The number of nitrogens with zero attached hydrogens (tertiary/aromatic N) is 2. The van der Waals surface area contributed by atoms with Gasteiger partial charge in [-0.1, -0.05) is 66.4 Å². The van der Waals surface area contributed by atoms with Gasteiger partial charge >= 0.3 is 0 Å². The average Bonchev–Trinajstić information content (AvgIpc) is 2.75. The van der Waals surface area contributed by atoms with Crippen molar-refractivity contribution < 1.29 is 0 Å². The molecule has 4 aromatic rings. The van der Waals surface area contributed by atoms with E-state index in [1.807, 2.05) is 19.1 Å². The van der Waals surface area contributed by atoms with Crippen LogP contribution in [0.25, 0.3) is 11.1 Å². The van der Waals surface area contributed by atoms with Crippen LogP contribution in [-0.4, -0.2) is 9.97 Å². The predicted molar refractivity (Wildman–Crippen MR) is 121 cm³/mol. The highest BCUT2D eigenvalue weighted by Crippen LogP contribution is 2.34. The van der Waals surface area contributed by atoms with E-state index < -0.39 is 0 Å². The number of hydrogen-bond donors (Lipinski definition) is 2. The monoisotopic (exact) mass is 398 g/mol. The second-order valence-corrected chi connectivity index (χ2v) is 7.79. The molecule has 0 aliphatic heterocycles. The minimum absolute atomic E-state index is 0.520. The molecule has 4 rings (SSSR count). The van der Waals surface area contributed by atoms with Gasteiger partial charge in [0.25, 0.3) is 0 Å². The van der Waals surface area contributed by atoms with E-state index in [0.29, 0.717) is 18.2 Å². The van der Waals surface area contributed by atoms with E-state index in [4.69, 9.17) is 5.73 Å². The first kappa shape index (κ1) is 19.0. The first-order valence-electron chi connectivity index (χ1n) is 9.43. The minimum Gasteiger partial charge on any atom is -0.383 e. The van der Waals surface area contributed by atoms with E-state index in [9.17, 15) is 0 Å². The fraction of sp³-hybridized carbons (Fsp3) is 0.0833. The molecule has 0 spiro atoms. The lowest BCUT2D eigenvalue weighted by Gasteiger charge is -2.13. The Morgan fingerprint density at radius 1 is 0.862 bits per heavy atom. The maximum atomic E-state index is 6.01. The number of rotatable bonds is 6. The third kappa shape index (κ3) is 4.76. The zero-order valence-electron chi connectivity index (χ0n) is 16.2. The van der Waals surface area contributed by atoms with Crippen molar-refractivity contribution >= 4 is 23.3 Å². The van der Waals surface area contributed by atoms with Crippen molar-refractivity contribution in [2.45, 2.75) is 23.3 Å². The molecule has 1 heterocycles. The van der Waals surface area contributed by atoms with E-state index in [1.54, 1.807) is 18.0 Å². The van der Waals surface area contributed by atoms with Crippen LogP contribution in [0.3, 0.4) is 0 Å². The second-order valence-electron chi connectivity index (χ2n) is 6.67. The molecule has 0 unspecified atom stereocenters. The highest BCUT2D eigenvalue weighted by atomic mass is 32.2. The standard InChI is InChI=1S/C24H22N4S/c1-17-26-15-20(24(25)28-17)16-27-22-9-5-6-10-23(22)29-21-13-11-19(12-14-21)18-7-3-2-4-8-18/h2-15,27H,16H2,1H3,(H2,25,26,28). The molecule has 1 aromatic heterocycles. The Labute approximate surface area is 175 Å². The summed E-state index contributed by atoms with van der Waals surface area (Å²) in [6.07, 6.45) is 1.78. The van der Waals surface area contributed by atoms with Crippen molar-refractivity contribution in [2.75, 3.05) is 11.1 Å². The lowest BCUT2D eigenvalue weighted by atomic mass is 10.1. The molecular formula is C24H22N4S. The maximum absolute atomic E-state index is 6.01. The molecule has 29 heavy (non-hydrogen) atoms. The molecule has 0 saturated carbocycles. The number of anilines is 2. The Bertz CT molecular complexity index is 1100. The second kappa shape index (κ2) is 8.80. The molecule has 0 radical (unpaired) electrons. The summed E-state index contributed by atoms with van der Waals surface area (Å²) in [5, 5.41) is 3.47. The largest absolute Gasteiger partial charge is 0.383 e. The zero-order chi connectivity index (χ0) is 20.1. The lowest BCUT2D eigenvalue weighted by Crippen LogP contribution is -2.07. The van der Waals surface area contributed by atoms with E-state index in [2.05, 4.69) is 82.0 Å². The van der Waals surface area contributed by atoms with Gasteiger partial charge in [-0.3, -0.25) is 0 Å². The fourth-order valence-electron chi connectivity index (χ4n) is 3.01. The lowest BCUT2D eigenvalue weighted by molar-refractivity contribution is 1.00. The summed E-state index contributed by atoms with van der Waals surface area (Å²) < 4.78 is 0. The number of benzene rings is 3. The molecule has 0 bridgehead atoms. The quantitative estimate of drug-likeness (QED) is 0.430. The molecule has 0 amide bonds. The molecule has 0 saturated heterocycles. The number of nitrogens with one attached hydrogen (secondary N) is 1. The summed E-state index contributed by atoms with van der Waals surface area (Å²) in [7, 11) is 0. The van der Waals surface area contributed by atoms with Gasteiger partial charge in [0.15, 0.2) is 0 Å². The van der Waals surface area contributed by atoms with Crippen LogP contribution in [0.15, 0.2) is 94.9 Å². The van der Waals surface area contributed by atoms with Crippen LogP contribution in [0, 0.1) is 6.92 Å². The van der Waals surface area contributed by atoms with Gasteiger partial charge in [0.05, 0.1) is 0 Å². The normalized spacial score (nSPS) is 10.7. The Kier molecular flexibility index (Phi) is 5.77. The summed E-state index contributed by atoms with van der Waals surface area (Å²) in [5.41, 5.74) is 10.4. The summed E-state index contributed by atoms with van der Waals surface area (Å²) in [5.74, 6) is 1.20. The summed E-state index contributed by atoms with van der Waals surface area (Å²) in [6.45, 7) is 2.42. The molecule has 0 fully saturated rings. The van der Waals surface area contributed by atoms with Crippen molar-refractivity contribution in [2.24, 2.45) is 0 Å². The zero-order valence-corrected chi connectivity index (χ0v) is 17.0. The molecular weight excluding hydrogens is 376 g/mol.